The normalized spacial score (nSPS) is 29.7. The van der Waals surface area contributed by atoms with Gasteiger partial charge in [-0.1, -0.05) is 12.1 Å². The fourth-order valence-corrected chi connectivity index (χ4v) is 7.08. The number of aromatic nitrogens is 2. The van der Waals surface area contributed by atoms with Crippen LogP contribution in [0.1, 0.15) is 54.8 Å². The van der Waals surface area contributed by atoms with Gasteiger partial charge in [-0.2, -0.15) is 17.5 Å². The molecule has 2 heterocycles. The van der Waals surface area contributed by atoms with Gasteiger partial charge in [-0.15, -0.1) is 0 Å². The SMILES string of the molecule is Nc1ncc(CN2c3cccc(C4CC4)c3CN(S(=O)(=O)C(F)(F)F)CC2C23CC(C2)C3)[nH]1. The Hall–Kier alpha value is -2.27. The zero-order valence-corrected chi connectivity index (χ0v) is 18.8. The highest BCUT2D eigenvalue weighted by Crippen LogP contribution is 2.68. The van der Waals surface area contributed by atoms with Crippen molar-refractivity contribution in [2.75, 3.05) is 17.2 Å². The average Bonchev–Trinajstić information content (AvgIpc) is 3.45. The Balaban J connectivity index is 1.50. The van der Waals surface area contributed by atoms with E-state index in [0.717, 1.165) is 49.0 Å². The number of imidazole rings is 1. The number of nitrogens with two attached hydrogens (primary N) is 1. The van der Waals surface area contributed by atoms with E-state index in [2.05, 4.69) is 14.9 Å². The topological polar surface area (TPSA) is 95.3 Å². The fraction of sp³-hybridized carbons (Fsp3) is 0.591. The lowest BCUT2D eigenvalue weighted by atomic mass is 9.41. The number of benzene rings is 1. The van der Waals surface area contributed by atoms with E-state index in [4.69, 9.17) is 5.73 Å². The summed E-state index contributed by atoms with van der Waals surface area (Å²) in [4.78, 5) is 9.22. The molecule has 0 amide bonds. The summed E-state index contributed by atoms with van der Waals surface area (Å²) in [5.74, 6) is 1.14. The number of nitrogens with one attached hydrogen (secondary N) is 1. The van der Waals surface area contributed by atoms with Crippen molar-refractivity contribution in [3.05, 3.63) is 41.2 Å². The van der Waals surface area contributed by atoms with Gasteiger partial charge < -0.3 is 15.6 Å². The first-order valence-corrected chi connectivity index (χ1v) is 12.8. The van der Waals surface area contributed by atoms with Crippen LogP contribution in [0.3, 0.4) is 0 Å². The smallest absolute Gasteiger partial charge is 0.369 e. The van der Waals surface area contributed by atoms with Gasteiger partial charge in [-0.25, -0.2) is 13.4 Å². The summed E-state index contributed by atoms with van der Waals surface area (Å²) in [7, 11) is -5.47. The van der Waals surface area contributed by atoms with Crippen LogP contribution in [0, 0.1) is 11.3 Å². The Bertz CT molecular complexity index is 1190. The molecule has 4 saturated carbocycles. The molecule has 178 valence electrons. The number of rotatable bonds is 5. The van der Waals surface area contributed by atoms with E-state index < -0.39 is 15.5 Å². The van der Waals surface area contributed by atoms with Crippen LogP contribution in [0.4, 0.5) is 24.8 Å². The molecule has 7 rings (SSSR count). The first kappa shape index (κ1) is 21.3. The van der Waals surface area contributed by atoms with E-state index >= 15 is 0 Å². The van der Waals surface area contributed by atoms with Crippen LogP contribution in [0.5, 0.6) is 0 Å². The molecular weight excluding hydrogens is 455 g/mol. The second-order valence-corrected chi connectivity index (χ2v) is 12.1. The van der Waals surface area contributed by atoms with Gasteiger partial charge in [0.2, 0.25) is 0 Å². The van der Waals surface area contributed by atoms with Gasteiger partial charge in [0.05, 0.1) is 18.4 Å². The Morgan fingerprint density at radius 1 is 1.21 bits per heavy atom. The number of nitrogen functional groups attached to an aromatic ring is 1. The van der Waals surface area contributed by atoms with Gasteiger partial charge >= 0.3 is 15.5 Å². The Morgan fingerprint density at radius 3 is 2.48 bits per heavy atom. The van der Waals surface area contributed by atoms with E-state index in [9.17, 15) is 21.6 Å². The molecule has 11 heteroatoms. The van der Waals surface area contributed by atoms with Crippen LogP contribution in [0.25, 0.3) is 0 Å². The lowest BCUT2D eigenvalue weighted by Gasteiger charge is -2.67. The molecule has 33 heavy (non-hydrogen) atoms. The molecule has 4 aliphatic carbocycles. The highest BCUT2D eigenvalue weighted by molar-refractivity contribution is 7.89. The summed E-state index contributed by atoms with van der Waals surface area (Å²) in [5, 5.41) is 0. The van der Waals surface area contributed by atoms with Gasteiger partial charge in [-0.05, 0) is 66.5 Å². The lowest BCUT2D eigenvalue weighted by Crippen LogP contribution is -2.66. The molecule has 1 aromatic heterocycles. The van der Waals surface area contributed by atoms with E-state index in [-0.39, 0.29) is 36.4 Å². The number of aromatic amines is 1. The summed E-state index contributed by atoms with van der Waals surface area (Å²) < 4.78 is 67.1. The zero-order chi connectivity index (χ0) is 23.2. The van der Waals surface area contributed by atoms with Crippen LogP contribution in [0.2, 0.25) is 0 Å². The first-order valence-electron chi connectivity index (χ1n) is 11.3. The van der Waals surface area contributed by atoms with Crippen LogP contribution in [0.15, 0.2) is 24.4 Å². The third kappa shape index (κ3) is 3.26. The minimum atomic E-state index is -5.47. The van der Waals surface area contributed by atoms with Crippen molar-refractivity contribution in [1.82, 2.24) is 14.3 Å². The van der Waals surface area contributed by atoms with Crippen molar-refractivity contribution in [3.8, 4) is 0 Å². The lowest BCUT2D eigenvalue weighted by molar-refractivity contribution is -0.129. The number of hydrogen-bond donors (Lipinski definition) is 2. The summed E-state index contributed by atoms with van der Waals surface area (Å²) in [6.07, 6.45) is 6.35. The van der Waals surface area contributed by atoms with Crippen molar-refractivity contribution in [1.29, 1.82) is 0 Å². The molecule has 2 bridgehead atoms. The van der Waals surface area contributed by atoms with Gasteiger partial charge in [-0.3, -0.25) is 0 Å². The predicted octanol–water partition coefficient (Wildman–Crippen LogP) is 3.71. The van der Waals surface area contributed by atoms with Gasteiger partial charge in [0.25, 0.3) is 0 Å². The van der Waals surface area contributed by atoms with Gasteiger partial charge in [0.1, 0.15) is 0 Å². The highest BCUT2D eigenvalue weighted by Gasteiger charge is 2.63. The molecule has 4 fully saturated rings. The second kappa shape index (κ2) is 6.88. The number of sulfonamides is 1. The van der Waals surface area contributed by atoms with Gasteiger partial charge in [0, 0.05) is 24.8 Å². The van der Waals surface area contributed by atoms with Crippen molar-refractivity contribution in [2.24, 2.45) is 11.3 Å². The number of halogens is 3. The molecule has 3 N–H and O–H groups in total. The van der Waals surface area contributed by atoms with Crippen molar-refractivity contribution >= 4 is 21.7 Å². The summed E-state index contributed by atoms with van der Waals surface area (Å²) >= 11 is 0. The molecule has 1 aliphatic heterocycles. The van der Waals surface area contributed by atoms with Crippen LogP contribution < -0.4 is 10.6 Å². The van der Waals surface area contributed by atoms with Crippen LogP contribution in [-0.2, 0) is 23.1 Å². The monoisotopic (exact) mass is 481 g/mol. The molecule has 1 atom stereocenters. The number of H-pyrrole nitrogens is 1. The standard InChI is InChI=1S/C22H26F3N5O2S/c23-22(24,25)33(31,32)29-11-17-16(14-4-5-14)2-1-3-18(17)30(10-15-9-27-20(26)28-15)19(12-29)21-6-13(7-21)8-21/h1-3,9,13-14,19H,4-8,10-12H2,(H3,26,27,28). The second-order valence-electron chi connectivity index (χ2n) is 10.1. The van der Waals surface area contributed by atoms with E-state index in [1.807, 2.05) is 18.2 Å². The summed E-state index contributed by atoms with van der Waals surface area (Å²) in [6, 6.07) is 5.43. The number of anilines is 2. The predicted molar refractivity (Wildman–Crippen MR) is 117 cm³/mol. The number of nitrogens with zero attached hydrogens (tertiary/aromatic N) is 3. The number of alkyl halides is 3. The fourth-order valence-electron chi connectivity index (χ4n) is 6.15. The van der Waals surface area contributed by atoms with E-state index in [1.165, 1.54) is 0 Å². The van der Waals surface area contributed by atoms with Crippen molar-refractivity contribution in [3.63, 3.8) is 0 Å². The Kier molecular flexibility index (Phi) is 4.43. The van der Waals surface area contributed by atoms with Crippen molar-refractivity contribution < 1.29 is 21.6 Å². The van der Waals surface area contributed by atoms with E-state index in [0.29, 0.717) is 22.3 Å². The maximum Gasteiger partial charge on any atom is 0.511 e. The maximum atomic E-state index is 13.7. The largest absolute Gasteiger partial charge is 0.511 e. The molecule has 0 radical (unpaired) electrons. The molecule has 1 aromatic carbocycles. The average molecular weight is 482 g/mol. The molecule has 2 aromatic rings. The van der Waals surface area contributed by atoms with Crippen molar-refractivity contribution in [2.45, 2.75) is 62.7 Å². The maximum absolute atomic E-state index is 13.7. The van der Waals surface area contributed by atoms with E-state index in [1.54, 1.807) is 6.20 Å². The van der Waals surface area contributed by atoms with Crippen LogP contribution in [-0.4, -0.2) is 40.8 Å². The molecule has 0 spiro atoms. The minimum Gasteiger partial charge on any atom is -0.369 e. The zero-order valence-electron chi connectivity index (χ0n) is 18.0. The third-order valence-electron chi connectivity index (χ3n) is 8.02. The quantitative estimate of drug-likeness (QED) is 0.679. The Labute approximate surface area is 190 Å². The molecule has 0 saturated heterocycles. The molecule has 1 unspecified atom stereocenters. The number of hydrogen-bond acceptors (Lipinski definition) is 5. The highest BCUT2D eigenvalue weighted by atomic mass is 32.2. The number of fused-ring (bicyclic) bond motifs is 1. The first-order chi connectivity index (χ1) is 15.6. The third-order valence-corrected chi connectivity index (χ3v) is 9.56. The summed E-state index contributed by atoms with van der Waals surface area (Å²) in [5.41, 5.74) is 3.50. The molecular formula is C22H26F3N5O2S. The molecule has 5 aliphatic rings. The van der Waals surface area contributed by atoms with Crippen LogP contribution >= 0.6 is 0 Å². The molecule has 7 nitrogen and oxygen atoms in total. The Morgan fingerprint density at radius 2 is 1.94 bits per heavy atom. The van der Waals surface area contributed by atoms with Gasteiger partial charge in [0.15, 0.2) is 5.95 Å². The minimum absolute atomic E-state index is 0.160. The summed E-state index contributed by atoms with van der Waals surface area (Å²) in [6.45, 7) is -0.0687.